The van der Waals surface area contributed by atoms with Crippen molar-refractivity contribution < 1.29 is 22.3 Å². The molecule has 0 saturated carbocycles. The third kappa shape index (κ3) is 5.67. The van der Waals surface area contributed by atoms with E-state index in [0.717, 1.165) is 49.4 Å². The number of unbranched alkanes of at least 4 members (excludes halogenated alkanes) is 1. The van der Waals surface area contributed by atoms with Crippen LogP contribution in [0.25, 0.3) is 27.1 Å². The van der Waals surface area contributed by atoms with Crippen LogP contribution in [-0.4, -0.2) is 25.3 Å². The van der Waals surface area contributed by atoms with Crippen molar-refractivity contribution in [2.45, 2.75) is 26.2 Å². The third-order valence-corrected chi connectivity index (χ3v) is 8.69. The summed E-state index contributed by atoms with van der Waals surface area (Å²) in [6.45, 7) is 2.68. The highest BCUT2D eigenvalue weighted by atomic mass is 35.5. The molecule has 0 unspecified atom stereocenters. The second kappa shape index (κ2) is 10.5. The third-order valence-electron chi connectivity index (χ3n) is 6.49. The molecule has 1 aliphatic rings. The summed E-state index contributed by atoms with van der Waals surface area (Å²) in [6.07, 6.45) is 5.98. The van der Waals surface area contributed by atoms with E-state index in [1.54, 1.807) is 11.3 Å². The molecule has 1 N–H and O–H groups in total. The molecule has 0 aliphatic carbocycles. The van der Waals surface area contributed by atoms with E-state index in [1.807, 2.05) is 43.4 Å². The zero-order valence-corrected chi connectivity index (χ0v) is 23.0. The average molecular weight is 556 g/mol. The van der Waals surface area contributed by atoms with Gasteiger partial charge in [-0.25, -0.2) is 0 Å². The first kappa shape index (κ1) is 25.7. The minimum atomic E-state index is -3.98. The number of ether oxygens (including phenoxy) is 1. The molecular formula is C28H28ClN2O4S2+. The summed E-state index contributed by atoms with van der Waals surface area (Å²) in [5, 5.41) is 4.02. The number of anilines is 1. The molecule has 3 aromatic carbocycles. The van der Waals surface area contributed by atoms with E-state index in [-0.39, 0.29) is 5.75 Å². The molecule has 0 saturated heterocycles. The Balaban J connectivity index is 1.50. The predicted octanol–water partition coefficient (Wildman–Crippen LogP) is 6.73. The van der Waals surface area contributed by atoms with Crippen molar-refractivity contribution in [3.05, 3.63) is 82.2 Å². The molecule has 0 atom stereocenters. The second-order valence-corrected chi connectivity index (χ2v) is 12.2. The van der Waals surface area contributed by atoms with Crippen LogP contribution in [0.5, 0.6) is 5.75 Å². The summed E-state index contributed by atoms with van der Waals surface area (Å²) < 4.78 is 41.2. The van der Waals surface area contributed by atoms with Crippen molar-refractivity contribution in [1.29, 1.82) is 0 Å². The van der Waals surface area contributed by atoms with Gasteiger partial charge in [-0.3, -0.25) is 4.55 Å². The maximum atomic E-state index is 11.2. The second-order valence-electron chi connectivity index (χ2n) is 9.08. The lowest BCUT2D eigenvalue weighted by Gasteiger charge is -2.19. The fraction of sp³-hybridized carbons (Fsp3) is 0.250. The van der Waals surface area contributed by atoms with Crippen molar-refractivity contribution >= 4 is 65.8 Å². The first-order valence-corrected chi connectivity index (χ1v) is 15.0. The lowest BCUT2D eigenvalue weighted by Crippen LogP contribution is -2.29. The van der Waals surface area contributed by atoms with Crippen LogP contribution in [0.1, 0.15) is 31.2 Å². The molecular weight excluding hydrogens is 528 g/mol. The number of rotatable bonds is 8. The number of aryl methyl sites for hydroxylation is 1. The van der Waals surface area contributed by atoms with Gasteiger partial charge in [0.05, 0.1) is 11.4 Å². The average Bonchev–Trinajstić information content (AvgIpc) is 3.35. The largest absolute Gasteiger partial charge is 0.439 e. The van der Waals surface area contributed by atoms with Crippen LogP contribution in [0, 0.1) is 0 Å². The Morgan fingerprint density at radius 2 is 1.89 bits per heavy atom. The minimum absolute atomic E-state index is 0.252. The van der Waals surface area contributed by atoms with E-state index in [0.29, 0.717) is 30.3 Å². The molecule has 9 heteroatoms. The van der Waals surface area contributed by atoms with E-state index >= 15 is 0 Å². The van der Waals surface area contributed by atoms with Gasteiger partial charge in [-0.05, 0) is 59.9 Å². The number of aromatic nitrogens is 1. The van der Waals surface area contributed by atoms with Gasteiger partial charge in [0.2, 0.25) is 11.4 Å². The van der Waals surface area contributed by atoms with Crippen LogP contribution < -0.4 is 14.2 Å². The van der Waals surface area contributed by atoms with Gasteiger partial charge in [0, 0.05) is 29.8 Å². The molecule has 5 rings (SSSR count). The normalized spacial score (nSPS) is 15.1. The monoisotopic (exact) mass is 555 g/mol. The first-order chi connectivity index (χ1) is 17.7. The SMILES string of the molecule is CCC(=Cc1sc2ccc(Cl)cc2[n+]1C)C=C1Oc2cc3ccccc3cc2N1CCCCS(=O)(=O)O. The van der Waals surface area contributed by atoms with Crippen LogP contribution >= 0.6 is 22.9 Å². The highest BCUT2D eigenvalue weighted by molar-refractivity contribution is 7.85. The van der Waals surface area contributed by atoms with Crippen molar-refractivity contribution in [2.24, 2.45) is 7.05 Å². The summed E-state index contributed by atoms with van der Waals surface area (Å²) in [4.78, 5) is 2.10. The molecule has 192 valence electrons. The van der Waals surface area contributed by atoms with Crippen molar-refractivity contribution in [2.75, 3.05) is 17.2 Å². The molecule has 0 fully saturated rings. The van der Waals surface area contributed by atoms with E-state index in [2.05, 4.69) is 46.7 Å². The molecule has 1 aliphatic heterocycles. The lowest BCUT2D eigenvalue weighted by molar-refractivity contribution is -0.642. The van der Waals surface area contributed by atoms with Gasteiger partial charge in [0.15, 0.2) is 5.75 Å². The quantitative estimate of drug-likeness (QED) is 0.148. The van der Waals surface area contributed by atoms with Gasteiger partial charge in [0.25, 0.3) is 15.1 Å². The number of halogens is 1. The number of hydrogen-bond acceptors (Lipinski definition) is 5. The predicted molar refractivity (Wildman–Crippen MR) is 152 cm³/mol. The number of nitrogens with zero attached hydrogens (tertiary/aromatic N) is 2. The Hall–Kier alpha value is -2.91. The molecule has 4 aromatic rings. The van der Waals surface area contributed by atoms with Gasteiger partial charge in [0.1, 0.15) is 11.7 Å². The number of hydrogen-bond donors (Lipinski definition) is 1. The molecule has 6 nitrogen and oxygen atoms in total. The van der Waals surface area contributed by atoms with Crippen LogP contribution in [0.2, 0.25) is 5.02 Å². The lowest BCUT2D eigenvalue weighted by atomic mass is 10.1. The number of benzene rings is 3. The van der Waals surface area contributed by atoms with Gasteiger partial charge in [-0.15, -0.1) is 0 Å². The summed E-state index contributed by atoms with van der Waals surface area (Å²) >= 11 is 7.93. The highest BCUT2D eigenvalue weighted by Gasteiger charge is 2.27. The van der Waals surface area contributed by atoms with Gasteiger partial charge in [-0.1, -0.05) is 54.1 Å². The van der Waals surface area contributed by atoms with Crippen molar-refractivity contribution in [1.82, 2.24) is 0 Å². The number of thiazole rings is 1. The Morgan fingerprint density at radius 1 is 1.14 bits per heavy atom. The fourth-order valence-corrected chi connectivity index (χ4v) is 6.35. The van der Waals surface area contributed by atoms with E-state index in [9.17, 15) is 8.42 Å². The molecule has 0 amide bonds. The highest BCUT2D eigenvalue weighted by Crippen LogP contribution is 2.42. The smallest absolute Gasteiger partial charge is 0.264 e. The summed E-state index contributed by atoms with van der Waals surface area (Å²) in [6, 6.07) is 18.2. The molecule has 0 radical (unpaired) electrons. The molecule has 1 aromatic heterocycles. The van der Waals surface area contributed by atoms with Crippen LogP contribution in [0.15, 0.2) is 72.1 Å². The molecule has 0 spiro atoms. The fourth-order valence-electron chi connectivity index (χ4n) is 4.51. The topological polar surface area (TPSA) is 70.7 Å². The Bertz CT molecular complexity index is 1660. The van der Waals surface area contributed by atoms with Gasteiger partial charge < -0.3 is 9.64 Å². The van der Waals surface area contributed by atoms with Crippen LogP contribution in [-0.2, 0) is 17.2 Å². The summed E-state index contributed by atoms with van der Waals surface area (Å²) in [5.41, 5.74) is 3.14. The minimum Gasteiger partial charge on any atom is -0.439 e. The van der Waals surface area contributed by atoms with E-state index in [1.165, 1.54) is 0 Å². The van der Waals surface area contributed by atoms with Gasteiger partial charge >= 0.3 is 0 Å². The zero-order chi connectivity index (χ0) is 26.2. The number of allylic oxidation sites excluding steroid dienone is 2. The summed E-state index contributed by atoms with van der Waals surface area (Å²) in [7, 11) is -1.94. The van der Waals surface area contributed by atoms with Crippen LogP contribution in [0.3, 0.4) is 0 Å². The standard InChI is InChI=1S/C28H27ClN2O4S2/c1-3-19(15-28-30(2)24-18-22(29)10-11-26(24)36-28)14-27-31(12-6-7-13-37(32,33)34)23-16-20-8-4-5-9-21(20)17-25(23)35-27/h4-5,8-11,14-18H,3,6-7,12-13H2,1-2H3/p+1. The maximum absolute atomic E-state index is 11.2. The van der Waals surface area contributed by atoms with Crippen molar-refractivity contribution in [3.8, 4) is 5.75 Å². The first-order valence-electron chi connectivity index (χ1n) is 12.2. The van der Waals surface area contributed by atoms with E-state index in [4.69, 9.17) is 20.9 Å². The Kier molecular flexibility index (Phi) is 7.27. The molecule has 0 bridgehead atoms. The summed E-state index contributed by atoms with van der Waals surface area (Å²) in [5.74, 6) is 1.23. The Labute approximate surface area is 225 Å². The van der Waals surface area contributed by atoms with Gasteiger partial charge in [-0.2, -0.15) is 13.0 Å². The Morgan fingerprint density at radius 3 is 2.62 bits per heavy atom. The van der Waals surface area contributed by atoms with Crippen molar-refractivity contribution in [3.63, 3.8) is 0 Å². The maximum Gasteiger partial charge on any atom is 0.264 e. The number of fused-ring (bicyclic) bond motifs is 3. The molecule has 37 heavy (non-hydrogen) atoms. The van der Waals surface area contributed by atoms with E-state index < -0.39 is 10.1 Å². The zero-order valence-electron chi connectivity index (χ0n) is 20.6. The molecule has 2 heterocycles. The van der Waals surface area contributed by atoms with Crippen LogP contribution in [0.4, 0.5) is 5.69 Å².